The smallest absolute Gasteiger partial charge is 0.255 e. The summed E-state index contributed by atoms with van der Waals surface area (Å²) in [6.45, 7) is 0.924. The molecular formula is C4H7OS+. The van der Waals surface area contributed by atoms with Gasteiger partial charge < -0.3 is 0 Å². The molecule has 0 aromatic rings. The first-order valence-electron chi connectivity index (χ1n) is 2.05. The number of carbonyl (C=O) groups excluding carboxylic acids is 1. The Labute approximate surface area is 41.4 Å². The monoisotopic (exact) mass is 103 g/mol. The van der Waals surface area contributed by atoms with Crippen LogP contribution in [0.4, 0.5) is 0 Å². The molecule has 0 unspecified atom stereocenters. The van der Waals surface area contributed by atoms with Gasteiger partial charge in [-0.2, -0.15) is 0 Å². The normalized spacial score (nSPS) is 21.3. The van der Waals surface area contributed by atoms with Crippen molar-refractivity contribution in [1.29, 1.82) is 0 Å². The maximum atomic E-state index is 4.91. The topological polar surface area (TPSA) is 11.3 Å². The Morgan fingerprint density at radius 1 is 1.67 bits per heavy atom. The molecule has 1 aliphatic heterocycles. The summed E-state index contributed by atoms with van der Waals surface area (Å²) in [6.07, 6.45) is 1.21. The molecule has 0 radical (unpaired) electrons. The SMILES string of the molecule is C1=[O+]CCCS1. The van der Waals surface area contributed by atoms with Crippen LogP contribution in [-0.2, 0) is 4.42 Å². The van der Waals surface area contributed by atoms with E-state index in [4.69, 9.17) is 4.42 Å². The molecule has 0 N–H and O–H groups in total. The number of hydrogen-bond donors (Lipinski definition) is 0. The minimum Gasteiger partial charge on any atom is -0.255 e. The van der Waals surface area contributed by atoms with Crippen molar-refractivity contribution < 1.29 is 4.42 Å². The van der Waals surface area contributed by atoms with Crippen molar-refractivity contribution in [2.24, 2.45) is 0 Å². The lowest BCUT2D eigenvalue weighted by Crippen LogP contribution is -1.94. The van der Waals surface area contributed by atoms with Gasteiger partial charge in [-0.25, -0.2) is 0 Å². The molecule has 0 aromatic carbocycles. The third-order valence-electron chi connectivity index (χ3n) is 0.660. The van der Waals surface area contributed by atoms with Crippen molar-refractivity contribution in [2.75, 3.05) is 12.4 Å². The summed E-state index contributed by atoms with van der Waals surface area (Å²) in [4.78, 5) is 0. The third-order valence-corrected chi connectivity index (χ3v) is 1.46. The van der Waals surface area contributed by atoms with E-state index in [2.05, 4.69) is 0 Å². The summed E-state index contributed by atoms with van der Waals surface area (Å²) in [6, 6.07) is 0. The van der Waals surface area contributed by atoms with Gasteiger partial charge in [-0.1, -0.05) is 0 Å². The highest BCUT2D eigenvalue weighted by Gasteiger charge is 1.99. The van der Waals surface area contributed by atoms with Gasteiger partial charge in [0.15, 0.2) is 0 Å². The van der Waals surface area contributed by atoms with E-state index >= 15 is 0 Å². The van der Waals surface area contributed by atoms with Crippen molar-refractivity contribution >= 4 is 17.4 Å². The zero-order valence-corrected chi connectivity index (χ0v) is 4.33. The molecule has 0 fully saturated rings. The number of hydrogen-bond acceptors (Lipinski definition) is 1. The predicted octanol–water partition coefficient (Wildman–Crippen LogP) is 0.849. The largest absolute Gasteiger partial charge is 0.342 e. The Balaban J connectivity index is 2.26. The van der Waals surface area contributed by atoms with Gasteiger partial charge >= 0.3 is 5.62 Å². The van der Waals surface area contributed by atoms with Crippen LogP contribution in [0.15, 0.2) is 0 Å². The maximum Gasteiger partial charge on any atom is 0.342 e. The molecule has 0 saturated carbocycles. The van der Waals surface area contributed by atoms with Crippen molar-refractivity contribution in [3.8, 4) is 0 Å². The van der Waals surface area contributed by atoms with Gasteiger partial charge in [0.1, 0.15) is 0 Å². The fourth-order valence-corrected chi connectivity index (χ4v) is 0.943. The molecule has 0 atom stereocenters. The van der Waals surface area contributed by atoms with Gasteiger partial charge in [-0.15, -0.1) is 0 Å². The fourth-order valence-electron chi connectivity index (χ4n) is 0.370. The van der Waals surface area contributed by atoms with E-state index in [9.17, 15) is 0 Å². The molecule has 6 heavy (non-hydrogen) atoms. The van der Waals surface area contributed by atoms with Crippen molar-refractivity contribution in [3.63, 3.8) is 0 Å². The average Bonchev–Trinajstić information content (AvgIpc) is 1.72. The maximum absolute atomic E-state index is 4.91. The summed E-state index contributed by atoms with van der Waals surface area (Å²) in [5, 5.41) is 0. The Kier molecular flexibility index (Phi) is 1.56. The lowest BCUT2D eigenvalue weighted by atomic mass is 10.5. The first kappa shape index (κ1) is 4.19. The van der Waals surface area contributed by atoms with Crippen LogP contribution in [0.1, 0.15) is 6.42 Å². The minimum atomic E-state index is 0.924. The van der Waals surface area contributed by atoms with Crippen molar-refractivity contribution in [3.05, 3.63) is 0 Å². The second kappa shape index (κ2) is 2.24. The van der Waals surface area contributed by atoms with E-state index < -0.39 is 0 Å². The third kappa shape index (κ3) is 1.01. The van der Waals surface area contributed by atoms with Crippen LogP contribution in [0.25, 0.3) is 0 Å². The molecule has 2 heteroatoms. The summed E-state index contributed by atoms with van der Waals surface area (Å²) >= 11 is 1.75. The van der Waals surface area contributed by atoms with Gasteiger partial charge in [0.05, 0.1) is 0 Å². The lowest BCUT2D eigenvalue weighted by molar-refractivity contribution is 0.111. The molecule has 0 aliphatic carbocycles. The van der Waals surface area contributed by atoms with E-state index in [1.54, 1.807) is 11.8 Å². The van der Waals surface area contributed by atoms with Crippen molar-refractivity contribution in [2.45, 2.75) is 6.42 Å². The molecule has 0 saturated heterocycles. The van der Waals surface area contributed by atoms with Gasteiger partial charge in [-0.3, -0.25) is 4.42 Å². The van der Waals surface area contributed by atoms with Crippen LogP contribution >= 0.6 is 11.8 Å². The van der Waals surface area contributed by atoms with Gasteiger partial charge in [0.2, 0.25) is 0 Å². The van der Waals surface area contributed by atoms with Gasteiger partial charge in [0, 0.05) is 12.2 Å². The second-order valence-corrected chi connectivity index (χ2v) is 2.13. The van der Waals surface area contributed by atoms with Crippen LogP contribution in [0.5, 0.6) is 0 Å². The molecule has 1 aliphatic rings. The second-order valence-electron chi connectivity index (χ2n) is 1.19. The average molecular weight is 103 g/mol. The molecule has 34 valence electrons. The molecule has 1 heterocycles. The highest BCUT2D eigenvalue weighted by Crippen LogP contribution is 2.00. The van der Waals surface area contributed by atoms with Gasteiger partial charge in [-0.05, 0) is 11.8 Å². The summed E-state index contributed by atoms with van der Waals surface area (Å²) in [5.41, 5.74) is 1.81. The van der Waals surface area contributed by atoms with Crippen LogP contribution in [0.2, 0.25) is 0 Å². The summed E-state index contributed by atoms with van der Waals surface area (Å²) in [7, 11) is 0. The summed E-state index contributed by atoms with van der Waals surface area (Å²) in [5.74, 6) is 1.24. The molecule has 1 rings (SSSR count). The van der Waals surface area contributed by atoms with E-state index in [0.717, 1.165) is 6.61 Å². The molecule has 0 bridgehead atoms. The first-order chi connectivity index (χ1) is 3.00. The predicted molar refractivity (Wildman–Crippen MR) is 28.7 cm³/mol. The molecule has 0 aromatic heterocycles. The van der Waals surface area contributed by atoms with E-state index in [1.807, 2.05) is 5.62 Å². The Morgan fingerprint density at radius 2 is 2.67 bits per heavy atom. The first-order valence-corrected chi connectivity index (χ1v) is 3.10. The van der Waals surface area contributed by atoms with Crippen LogP contribution in [0, 0.1) is 0 Å². The quantitative estimate of drug-likeness (QED) is 0.327. The zero-order chi connectivity index (χ0) is 4.24. The van der Waals surface area contributed by atoms with Crippen LogP contribution < -0.4 is 0 Å². The van der Waals surface area contributed by atoms with Crippen LogP contribution in [0.3, 0.4) is 0 Å². The fraction of sp³-hybridized carbons (Fsp3) is 0.750. The molecule has 1 nitrogen and oxygen atoms in total. The highest BCUT2D eigenvalue weighted by molar-refractivity contribution is 8.11. The number of thioether (sulfide) groups is 1. The van der Waals surface area contributed by atoms with E-state index in [1.165, 1.54) is 12.2 Å². The van der Waals surface area contributed by atoms with Crippen LogP contribution in [-0.4, -0.2) is 18.0 Å². The summed E-state index contributed by atoms with van der Waals surface area (Å²) < 4.78 is 4.91. The zero-order valence-electron chi connectivity index (χ0n) is 3.52. The van der Waals surface area contributed by atoms with Gasteiger partial charge in [0.25, 0.3) is 6.61 Å². The Bertz CT molecular complexity index is 52.6. The number of rotatable bonds is 0. The standard InChI is InChI=1S/C4H7OS/c1-2-5-4-6-3-1/h4H,1-3H2/q+1. The minimum absolute atomic E-state index is 0.924. The van der Waals surface area contributed by atoms with E-state index in [-0.39, 0.29) is 0 Å². The van der Waals surface area contributed by atoms with E-state index in [0.29, 0.717) is 0 Å². The molecule has 0 spiro atoms. The Morgan fingerprint density at radius 3 is 2.83 bits per heavy atom. The lowest BCUT2D eigenvalue weighted by Gasteiger charge is -1.86. The van der Waals surface area contributed by atoms with Crippen molar-refractivity contribution in [1.82, 2.24) is 0 Å². The molecule has 0 amide bonds. The Hall–Kier alpha value is 0.0200. The highest BCUT2D eigenvalue weighted by atomic mass is 32.2. The molecular weight excluding hydrogens is 96.1 g/mol.